The topological polar surface area (TPSA) is 78.5 Å². The van der Waals surface area contributed by atoms with Crippen molar-refractivity contribution >= 4 is 23.5 Å². The number of carbonyl (C=O) groups is 3. The Hall–Kier alpha value is -3.15. The maximum Gasteiger partial charge on any atom is 0.325 e. The second-order valence-electron chi connectivity index (χ2n) is 7.68. The van der Waals surface area contributed by atoms with Crippen LogP contribution < -0.4 is 10.6 Å². The molecule has 1 aliphatic heterocycles. The van der Waals surface area contributed by atoms with Crippen LogP contribution in [-0.2, 0) is 16.0 Å². The van der Waals surface area contributed by atoms with Crippen molar-refractivity contribution in [3.63, 3.8) is 0 Å². The van der Waals surface area contributed by atoms with E-state index in [1.165, 1.54) is 10.5 Å². The molecular weight excluding hydrogens is 378 g/mol. The fraction of sp³-hybridized carbons (Fsp3) is 0.375. The van der Waals surface area contributed by atoms with E-state index in [1.807, 2.05) is 61.5 Å². The fourth-order valence-corrected chi connectivity index (χ4v) is 3.63. The summed E-state index contributed by atoms with van der Waals surface area (Å²) in [5, 5.41) is 5.57. The van der Waals surface area contributed by atoms with E-state index in [-0.39, 0.29) is 30.7 Å². The summed E-state index contributed by atoms with van der Waals surface area (Å²) in [6.45, 7) is 3.99. The van der Waals surface area contributed by atoms with Crippen LogP contribution in [0.2, 0.25) is 0 Å². The van der Waals surface area contributed by atoms with E-state index in [9.17, 15) is 14.4 Å². The Morgan fingerprint density at radius 1 is 1.10 bits per heavy atom. The summed E-state index contributed by atoms with van der Waals surface area (Å²) >= 11 is 0. The lowest BCUT2D eigenvalue weighted by Gasteiger charge is -2.21. The van der Waals surface area contributed by atoms with Gasteiger partial charge in [-0.25, -0.2) is 4.79 Å². The number of hydrogen-bond donors (Lipinski definition) is 2. The first-order chi connectivity index (χ1) is 14.5. The predicted molar refractivity (Wildman–Crippen MR) is 117 cm³/mol. The number of nitrogens with one attached hydrogen (secondary N) is 2. The molecule has 2 aromatic rings. The van der Waals surface area contributed by atoms with Gasteiger partial charge in [0.05, 0.1) is 6.04 Å². The zero-order valence-electron chi connectivity index (χ0n) is 17.6. The molecule has 30 heavy (non-hydrogen) atoms. The Morgan fingerprint density at radius 2 is 1.80 bits per heavy atom. The molecular formula is C24H29N3O3. The van der Waals surface area contributed by atoms with Crippen molar-refractivity contribution in [2.24, 2.45) is 0 Å². The molecule has 1 saturated heterocycles. The third kappa shape index (κ3) is 5.26. The number of hydrogen-bond acceptors (Lipinski definition) is 3. The van der Waals surface area contributed by atoms with Crippen LogP contribution in [0.1, 0.15) is 56.7 Å². The Kier molecular flexibility index (Phi) is 7.22. The number of aryl methyl sites for hydroxylation is 1. The van der Waals surface area contributed by atoms with Gasteiger partial charge in [0.15, 0.2) is 0 Å². The number of nitrogens with zero attached hydrogens (tertiary/aromatic N) is 1. The maximum atomic E-state index is 12.7. The number of carbonyl (C=O) groups excluding carboxylic acids is 3. The second kappa shape index (κ2) is 10.1. The zero-order valence-corrected chi connectivity index (χ0v) is 17.6. The number of imide groups is 1. The van der Waals surface area contributed by atoms with Gasteiger partial charge in [0.25, 0.3) is 5.91 Å². The minimum absolute atomic E-state index is 0.155. The highest BCUT2D eigenvalue weighted by molar-refractivity contribution is 6.05. The fourth-order valence-electron chi connectivity index (χ4n) is 3.63. The van der Waals surface area contributed by atoms with E-state index in [2.05, 4.69) is 17.6 Å². The van der Waals surface area contributed by atoms with E-state index in [4.69, 9.17) is 0 Å². The third-order valence-electron chi connectivity index (χ3n) is 5.44. The van der Waals surface area contributed by atoms with Crippen LogP contribution in [-0.4, -0.2) is 28.8 Å². The van der Waals surface area contributed by atoms with Gasteiger partial charge in [0.1, 0.15) is 6.04 Å². The van der Waals surface area contributed by atoms with E-state index in [0.29, 0.717) is 0 Å². The summed E-state index contributed by atoms with van der Waals surface area (Å²) in [7, 11) is 0. The summed E-state index contributed by atoms with van der Waals surface area (Å²) < 4.78 is 0. The molecule has 4 amide bonds. The van der Waals surface area contributed by atoms with Gasteiger partial charge in [-0.3, -0.25) is 14.5 Å². The zero-order chi connectivity index (χ0) is 21.5. The largest absolute Gasteiger partial charge is 0.326 e. The molecule has 0 aromatic heterocycles. The molecule has 0 unspecified atom stereocenters. The Bertz CT molecular complexity index is 880. The number of rotatable bonds is 9. The molecule has 3 rings (SSSR count). The van der Waals surface area contributed by atoms with Gasteiger partial charge in [0.2, 0.25) is 5.91 Å². The van der Waals surface area contributed by atoms with Crippen molar-refractivity contribution in [3.8, 4) is 0 Å². The molecule has 1 fully saturated rings. The van der Waals surface area contributed by atoms with Gasteiger partial charge < -0.3 is 10.6 Å². The highest BCUT2D eigenvalue weighted by Gasteiger charge is 2.40. The average molecular weight is 408 g/mol. The van der Waals surface area contributed by atoms with Crippen LogP contribution in [0, 0.1) is 0 Å². The lowest BCUT2D eigenvalue weighted by atomic mass is 10.1. The van der Waals surface area contributed by atoms with Gasteiger partial charge in [-0.1, -0.05) is 55.8 Å². The van der Waals surface area contributed by atoms with Crippen LogP contribution in [0.15, 0.2) is 54.6 Å². The highest BCUT2D eigenvalue weighted by Crippen LogP contribution is 2.25. The number of amides is 4. The lowest BCUT2D eigenvalue weighted by molar-refractivity contribution is -0.129. The van der Waals surface area contributed by atoms with E-state index in [0.717, 1.165) is 30.5 Å². The minimum Gasteiger partial charge on any atom is -0.326 e. The maximum absolute atomic E-state index is 12.7. The van der Waals surface area contributed by atoms with Crippen molar-refractivity contribution in [1.82, 2.24) is 10.2 Å². The lowest BCUT2D eigenvalue weighted by Crippen LogP contribution is -2.34. The van der Waals surface area contributed by atoms with Gasteiger partial charge in [-0.15, -0.1) is 0 Å². The smallest absolute Gasteiger partial charge is 0.325 e. The van der Waals surface area contributed by atoms with Gasteiger partial charge in [-0.2, -0.15) is 0 Å². The molecule has 0 bridgehead atoms. The normalized spacial score (nSPS) is 17.0. The van der Waals surface area contributed by atoms with Crippen LogP contribution in [0.5, 0.6) is 0 Å². The second-order valence-corrected chi connectivity index (χ2v) is 7.68. The summed E-state index contributed by atoms with van der Waals surface area (Å²) in [5.74, 6) is -0.461. The first kappa shape index (κ1) is 21.6. The third-order valence-corrected chi connectivity index (χ3v) is 5.44. The summed E-state index contributed by atoms with van der Waals surface area (Å²) in [4.78, 5) is 38.6. The Morgan fingerprint density at radius 3 is 2.47 bits per heavy atom. The molecule has 0 saturated carbocycles. The predicted octanol–water partition coefficient (Wildman–Crippen LogP) is 4.43. The van der Waals surface area contributed by atoms with Gasteiger partial charge in [-0.05, 0) is 49.4 Å². The Balaban J connectivity index is 1.51. The molecule has 6 nitrogen and oxygen atoms in total. The Labute approximate surface area is 177 Å². The molecule has 0 spiro atoms. The summed E-state index contributed by atoms with van der Waals surface area (Å²) in [6, 6.07) is 15.8. The van der Waals surface area contributed by atoms with Crippen molar-refractivity contribution in [1.29, 1.82) is 0 Å². The van der Waals surface area contributed by atoms with Gasteiger partial charge in [0, 0.05) is 12.1 Å². The van der Waals surface area contributed by atoms with Crippen LogP contribution >= 0.6 is 0 Å². The standard InChI is InChI=1S/C24H29N3O3/c1-3-4-8-18-11-13-20(14-12-18)25-22(28)16-15-21-23(29)27(24(30)26-21)17(2)19-9-6-5-7-10-19/h5-7,9-14,17,21H,3-4,8,15-16H2,1-2H3,(H,25,28)(H,26,30)/t17-,21+/m1/s1. The van der Waals surface area contributed by atoms with Crippen LogP contribution in [0.25, 0.3) is 0 Å². The number of urea groups is 1. The molecule has 0 aliphatic carbocycles. The molecule has 0 radical (unpaired) electrons. The first-order valence-electron chi connectivity index (χ1n) is 10.6. The monoisotopic (exact) mass is 407 g/mol. The first-order valence-corrected chi connectivity index (χ1v) is 10.6. The number of anilines is 1. The van der Waals surface area contributed by atoms with Crippen LogP contribution in [0.4, 0.5) is 10.5 Å². The van der Waals surface area contributed by atoms with Crippen molar-refractivity contribution in [2.75, 3.05) is 5.32 Å². The average Bonchev–Trinajstić information content (AvgIpc) is 3.05. The molecule has 6 heteroatoms. The van der Waals surface area contributed by atoms with E-state index in [1.54, 1.807) is 0 Å². The highest BCUT2D eigenvalue weighted by atomic mass is 16.2. The quantitative estimate of drug-likeness (QED) is 0.604. The van der Waals surface area contributed by atoms with Crippen molar-refractivity contribution < 1.29 is 14.4 Å². The number of unbranched alkanes of at least 4 members (excludes halogenated alkanes) is 1. The van der Waals surface area contributed by atoms with E-state index < -0.39 is 12.1 Å². The van der Waals surface area contributed by atoms with Crippen molar-refractivity contribution in [2.45, 2.75) is 58.0 Å². The molecule has 2 N–H and O–H groups in total. The molecule has 1 aliphatic rings. The SMILES string of the molecule is CCCCc1ccc(NC(=O)CC[C@@H]2NC(=O)N([C@H](C)c3ccccc3)C2=O)cc1. The molecule has 158 valence electrons. The summed E-state index contributed by atoms with van der Waals surface area (Å²) in [5.41, 5.74) is 2.88. The van der Waals surface area contributed by atoms with Gasteiger partial charge >= 0.3 is 6.03 Å². The molecule has 2 atom stereocenters. The molecule has 2 aromatic carbocycles. The van der Waals surface area contributed by atoms with E-state index >= 15 is 0 Å². The van der Waals surface area contributed by atoms with Crippen molar-refractivity contribution in [3.05, 3.63) is 65.7 Å². The minimum atomic E-state index is -0.675. The van der Waals surface area contributed by atoms with Crippen LogP contribution in [0.3, 0.4) is 0 Å². The molecule has 1 heterocycles. The summed E-state index contributed by atoms with van der Waals surface area (Å²) in [6.07, 6.45) is 3.75. The number of benzene rings is 2.